The van der Waals surface area contributed by atoms with E-state index in [9.17, 15) is 0 Å². The molecule has 0 saturated heterocycles. The Balaban J connectivity index is 2.23. The predicted molar refractivity (Wildman–Crippen MR) is 86.4 cm³/mol. The molecule has 2 atom stereocenters. The van der Waals surface area contributed by atoms with Crippen molar-refractivity contribution in [2.75, 3.05) is 5.32 Å². The SMILES string of the molecule is CC1CCCC(C)C1Nc1c(Br)cc(Cl)cc1Br. The summed E-state index contributed by atoms with van der Waals surface area (Å²) in [6, 6.07) is 4.41. The summed E-state index contributed by atoms with van der Waals surface area (Å²) < 4.78 is 2.04. The maximum atomic E-state index is 6.03. The molecule has 0 spiro atoms. The number of hydrogen-bond donors (Lipinski definition) is 1. The second-order valence-corrected chi connectivity index (χ2v) is 7.45. The van der Waals surface area contributed by atoms with Gasteiger partial charge in [-0.2, -0.15) is 0 Å². The van der Waals surface area contributed by atoms with Crippen LogP contribution in [0.4, 0.5) is 5.69 Å². The fraction of sp³-hybridized carbons (Fsp3) is 0.571. The number of rotatable bonds is 2. The van der Waals surface area contributed by atoms with Gasteiger partial charge in [0, 0.05) is 20.0 Å². The van der Waals surface area contributed by atoms with E-state index in [0.29, 0.717) is 17.9 Å². The van der Waals surface area contributed by atoms with E-state index in [2.05, 4.69) is 51.0 Å². The molecule has 2 unspecified atom stereocenters. The van der Waals surface area contributed by atoms with Crippen LogP contribution in [-0.4, -0.2) is 6.04 Å². The van der Waals surface area contributed by atoms with Crippen molar-refractivity contribution in [1.29, 1.82) is 0 Å². The fourth-order valence-corrected chi connectivity index (χ4v) is 4.71. The van der Waals surface area contributed by atoms with Crippen LogP contribution in [0.1, 0.15) is 33.1 Å². The van der Waals surface area contributed by atoms with Gasteiger partial charge in [-0.3, -0.25) is 0 Å². The second-order valence-electron chi connectivity index (χ2n) is 5.30. The second kappa shape index (κ2) is 6.15. The van der Waals surface area contributed by atoms with E-state index in [4.69, 9.17) is 11.6 Å². The van der Waals surface area contributed by atoms with E-state index in [0.717, 1.165) is 19.7 Å². The third kappa shape index (κ3) is 3.23. The summed E-state index contributed by atoms with van der Waals surface area (Å²) in [6.07, 6.45) is 3.97. The predicted octanol–water partition coefficient (Wildman–Crippen LogP) is 6.10. The lowest BCUT2D eigenvalue weighted by Crippen LogP contribution is -2.37. The monoisotopic (exact) mass is 393 g/mol. The molecule has 18 heavy (non-hydrogen) atoms. The minimum absolute atomic E-state index is 0.535. The van der Waals surface area contributed by atoms with E-state index < -0.39 is 0 Å². The Labute approximate surface area is 131 Å². The highest BCUT2D eigenvalue weighted by atomic mass is 79.9. The Morgan fingerprint density at radius 1 is 1.11 bits per heavy atom. The lowest BCUT2D eigenvalue weighted by Gasteiger charge is -2.36. The van der Waals surface area contributed by atoms with E-state index in [1.807, 2.05) is 12.1 Å². The molecule has 0 aliphatic heterocycles. The van der Waals surface area contributed by atoms with Crippen molar-refractivity contribution >= 4 is 49.1 Å². The van der Waals surface area contributed by atoms with Crippen molar-refractivity contribution in [3.05, 3.63) is 26.1 Å². The normalized spacial score (nSPS) is 28.2. The zero-order chi connectivity index (χ0) is 13.3. The number of benzene rings is 1. The van der Waals surface area contributed by atoms with E-state index in [1.165, 1.54) is 19.3 Å². The Kier molecular flexibility index (Phi) is 5.01. The van der Waals surface area contributed by atoms with Gasteiger partial charge in [0.1, 0.15) is 0 Å². The molecule has 1 saturated carbocycles. The van der Waals surface area contributed by atoms with Gasteiger partial charge in [-0.15, -0.1) is 0 Å². The quantitative estimate of drug-likeness (QED) is 0.638. The third-order valence-electron chi connectivity index (χ3n) is 3.86. The van der Waals surface area contributed by atoms with Crippen LogP contribution in [0.15, 0.2) is 21.1 Å². The smallest absolute Gasteiger partial charge is 0.0632 e. The van der Waals surface area contributed by atoms with Crippen molar-refractivity contribution in [2.24, 2.45) is 11.8 Å². The van der Waals surface area contributed by atoms with Crippen molar-refractivity contribution in [3.63, 3.8) is 0 Å². The Hall–Kier alpha value is 0.270. The molecule has 1 N–H and O–H groups in total. The van der Waals surface area contributed by atoms with Gasteiger partial charge in [-0.05, 0) is 68.7 Å². The van der Waals surface area contributed by atoms with Gasteiger partial charge >= 0.3 is 0 Å². The van der Waals surface area contributed by atoms with Gasteiger partial charge < -0.3 is 5.32 Å². The number of halogens is 3. The first-order valence-corrected chi connectivity index (χ1v) is 8.36. The van der Waals surface area contributed by atoms with Crippen LogP contribution in [0.5, 0.6) is 0 Å². The zero-order valence-corrected chi connectivity index (χ0v) is 14.6. The van der Waals surface area contributed by atoms with Crippen molar-refractivity contribution < 1.29 is 0 Å². The topological polar surface area (TPSA) is 12.0 Å². The number of anilines is 1. The van der Waals surface area contributed by atoms with Gasteiger partial charge in [-0.25, -0.2) is 0 Å². The van der Waals surface area contributed by atoms with Crippen molar-refractivity contribution in [2.45, 2.75) is 39.2 Å². The molecular formula is C14H18Br2ClN. The fourth-order valence-electron chi connectivity index (χ4n) is 2.81. The first-order valence-electron chi connectivity index (χ1n) is 6.40. The first-order chi connectivity index (χ1) is 8.49. The summed E-state index contributed by atoms with van der Waals surface area (Å²) in [5.41, 5.74) is 1.12. The minimum Gasteiger partial charge on any atom is -0.380 e. The molecule has 1 aliphatic rings. The molecule has 2 rings (SSSR count). The third-order valence-corrected chi connectivity index (χ3v) is 5.33. The molecule has 1 aromatic carbocycles. The van der Waals surface area contributed by atoms with Gasteiger partial charge in [0.2, 0.25) is 0 Å². The summed E-state index contributed by atoms with van der Waals surface area (Å²) in [7, 11) is 0. The average Bonchev–Trinajstić information content (AvgIpc) is 2.26. The Morgan fingerprint density at radius 2 is 1.61 bits per heavy atom. The number of hydrogen-bond acceptors (Lipinski definition) is 1. The van der Waals surface area contributed by atoms with Crippen LogP contribution in [0.2, 0.25) is 5.02 Å². The van der Waals surface area contributed by atoms with Gasteiger partial charge in [-0.1, -0.05) is 31.9 Å². The van der Waals surface area contributed by atoms with Crippen LogP contribution in [0.3, 0.4) is 0 Å². The molecule has 1 aromatic rings. The van der Waals surface area contributed by atoms with E-state index in [1.54, 1.807) is 0 Å². The first kappa shape index (κ1) is 14.7. The molecule has 0 bridgehead atoms. The van der Waals surface area contributed by atoms with Crippen LogP contribution in [-0.2, 0) is 0 Å². The summed E-state index contributed by atoms with van der Waals surface area (Å²) >= 11 is 13.2. The molecule has 0 heterocycles. The molecule has 0 aromatic heterocycles. The number of nitrogens with one attached hydrogen (secondary N) is 1. The highest BCUT2D eigenvalue weighted by Gasteiger charge is 2.28. The van der Waals surface area contributed by atoms with Gasteiger partial charge in [0.25, 0.3) is 0 Å². The molecule has 1 fully saturated rings. The average molecular weight is 396 g/mol. The molecule has 1 aliphatic carbocycles. The van der Waals surface area contributed by atoms with Crippen molar-refractivity contribution in [1.82, 2.24) is 0 Å². The van der Waals surface area contributed by atoms with E-state index >= 15 is 0 Å². The van der Waals surface area contributed by atoms with Crippen LogP contribution in [0, 0.1) is 11.8 Å². The van der Waals surface area contributed by atoms with Crippen molar-refractivity contribution in [3.8, 4) is 0 Å². The van der Waals surface area contributed by atoms with Gasteiger partial charge in [0.15, 0.2) is 0 Å². The lowest BCUT2D eigenvalue weighted by molar-refractivity contribution is 0.268. The zero-order valence-electron chi connectivity index (χ0n) is 10.6. The molecular weight excluding hydrogens is 377 g/mol. The largest absolute Gasteiger partial charge is 0.380 e. The molecule has 100 valence electrons. The summed E-state index contributed by atoms with van der Waals surface area (Å²) in [5.74, 6) is 1.42. The van der Waals surface area contributed by atoms with E-state index in [-0.39, 0.29) is 0 Å². The summed E-state index contributed by atoms with van der Waals surface area (Å²) in [5, 5.41) is 4.43. The van der Waals surface area contributed by atoms with Crippen LogP contribution in [0.25, 0.3) is 0 Å². The van der Waals surface area contributed by atoms with Crippen LogP contribution >= 0.6 is 43.5 Å². The minimum atomic E-state index is 0.535. The molecule has 0 radical (unpaired) electrons. The molecule has 0 amide bonds. The maximum absolute atomic E-state index is 6.03. The van der Waals surface area contributed by atoms with Crippen LogP contribution < -0.4 is 5.32 Å². The summed E-state index contributed by atoms with van der Waals surface area (Å²) in [6.45, 7) is 4.68. The lowest BCUT2D eigenvalue weighted by atomic mass is 9.78. The Bertz CT molecular complexity index is 403. The standard InChI is InChI=1S/C14H18Br2ClN/c1-8-4-3-5-9(2)13(8)18-14-11(15)6-10(17)7-12(14)16/h6-9,13,18H,3-5H2,1-2H3. The molecule has 1 nitrogen and oxygen atoms in total. The molecule has 4 heteroatoms. The Morgan fingerprint density at radius 3 is 2.11 bits per heavy atom. The summed E-state index contributed by atoms with van der Waals surface area (Å²) in [4.78, 5) is 0. The maximum Gasteiger partial charge on any atom is 0.0632 e. The highest BCUT2D eigenvalue weighted by molar-refractivity contribution is 9.11. The highest BCUT2D eigenvalue weighted by Crippen LogP contribution is 2.38. The van der Waals surface area contributed by atoms with Gasteiger partial charge in [0.05, 0.1) is 5.69 Å².